The number of para-hydroxylation sites is 2. The van der Waals surface area contributed by atoms with Gasteiger partial charge in [-0.3, -0.25) is 19.4 Å². The number of hydrogen-bond acceptors (Lipinski definition) is 4. The minimum atomic E-state index is -0.753. The fourth-order valence-corrected chi connectivity index (χ4v) is 5.46. The molecule has 0 atom stereocenters. The van der Waals surface area contributed by atoms with Crippen LogP contribution in [-0.4, -0.2) is 35.3 Å². The summed E-state index contributed by atoms with van der Waals surface area (Å²) in [6.07, 6.45) is 3.35. The number of amides is 2. The van der Waals surface area contributed by atoms with Gasteiger partial charge in [0.25, 0.3) is 5.91 Å². The molecule has 1 saturated carbocycles. The van der Waals surface area contributed by atoms with Crippen molar-refractivity contribution in [2.24, 2.45) is 0 Å². The molecule has 2 heterocycles. The quantitative estimate of drug-likeness (QED) is 0.778. The lowest BCUT2D eigenvalue weighted by atomic mass is 9.89. The lowest BCUT2D eigenvalue weighted by molar-refractivity contribution is -0.128. The number of carbonyl (C=O) groups excluding carboxylic acids is 2. The van der Waals surface area contributed by atoms with E-state index in [-0.39, 0.29) is 18.4 Å². The average Bonchev–Trinajstić information content (AvgIpc) is 3.32. The molecule has 1 aromatic carbocycles. The van der Waals surface area contributed by atoms with Gasteiger partial charge < -0.3 is 5.32 Å². The van der Waals surface area contributed by atoms with Crippen molar-refractivity contribution >= 4 is 46.1 Å². The third-order valence-corrected chi connectivity index (χ3v) is 6.95. The van der Waals surface area contributed by atoms with Gasteiger partial charge in [0.15, 0.2) is 0 Å². The highest BCUT2D eigenvalue weighted by molar-refractivity contribution is 7.16. The summed E-state index contributed by atoms with van der Waals surface area (Å²) in [5.41, 5.74) is 0.771. The number of thiophene rings is 1. The third kappa shape index (κ3) is 3.45. The van der Waals surface area contributed by atoms with Crippen LogP contribution >= 0.6 is 22.9 Å². The van der Waals surface area contributed by atoms with Gasteiger partial charge in [0.2, 0.25) is 5.91 Å². The van der Waals surface area contributed by atoms with Crippen LogP contribution in [0.2, 0.25) is 4.34 Å². The van der Waals surface area contributed by atoms with E-state index in [4.69, 9.17) is 11.6 Å². The van der Waals surface area contributed by atoms with Gasteiger partial charge in [-0.15, -0.1) is 11.3 Å². The minimum Gasteiger partial charge on any atom is -0.322 e. The first-order chi connectivity index (χ1) is 13.5. The lowest BCUT2D eigenvalue weighted by Crippen LogP contribution is -2.62. The summed E-state index contributed by atoms with van der Waals surface area (Å²) in [5.74, 6) is -0.0705. The Bertz CT molecular complexity index is 891. The second kappa shape index (κ2) is 7.85. The number of likely N-dealkylation sites (N-methyl/N-ethyl adjacent to an activating group) is 1. The molecular weight excluding hydrogens is 394 g/mol. The molecule has 2 aromatic rings. The maximum Gasteiger partial charge on any atom is 0.250 e. The topological polar surface area (TPSA) is 52.7 Å². The van der Waals surface area contributed by atoms with Gasteiger partial charge in [-0.25, -0.2) is 0 Å². The molecule has 0 bridgehead atoms. The Balaban J connectivity index is 1.62. The lowest BCUT2D eigenvalue weighted by Gasteiger charge is -2.45. The van der Waals surface area contributed by atoms with E-state index in [9.17, 15) is 9.59 Å². The maximum absolute atomic E-state index is 13.5. The zero-order valence-electron chi connectivity index (χ0n) is 15.9. The van der Waals surface area contributed by atoms with E-state index < -0.39 is 5.54 Å². The predicted octanol–water partition coefficient (Wildman–Crippen LogP) is 4.52. The SMILES string of the molecule is CCN(CC(=O)N1c2ccccc2NC(=O)C12CCCC2)Cc1ccc(Cl)s1. The zero-order valence-corrected chi connectivity index (χ0v) is 17.5. The normalized spacial score (nSPS) is 17.8. The zero-order chi connectivity index (χ0) is 19.7. The van der Waals surface area contributed by atoms with Gasteiger partial charge in [0, 0.05) is 11.4 Å². The molecule has 7 heteroatoms. The van der Waals surface area contributed by atoms with Crippen molar-refractivity contribution in [2.45, 2.75) is 44.7 Å². The molecule has 148 valence electrons. The van der Waals surface area contributed by atoms with E-state index in [0.717, 1.165) is 34.3 Å². The number of halogens is 1. The van der Waals surface area contributed by atoms with E-state index in [0.29, 0.717) is 25.1 Å². The van der Waals surface area contributed by atoms with Crippen LogP contribution in [0.5, 0.6) is 0 Å². The number of fused-ring (bicyclic) bond motifs is 1. The van der Waals surface area contributed by atoms with Crippen molar-refractivity contribution in [3.8, 4) is 0 Å². The summed E-state index contributed by atoms with van der Waals surface area (Å²) >= 11 is 7.59. The van der Waals surface area contributed by atoms with E-state index in [1.165, 1.54) is 11.3 Å². The van der Waals surface area contributed by atoms with Gasteiger partial charge >= 0.3 is 0 Å². The van der Waals surface area contributed by atoms with Crippen LogP contribution in [0.15, 0.2) is 36.4 Å². The molecule has 0 radical (unpaired) electrons. The van der Waals surface area contributed by atoms with Gasteiger partial charge in [-0.05, 0) is 43.7 Å². The van der Waals surface area contributed by atoms with E-state index in [1.807, 2.05) is 43.3 Å². The average molecular weight is 418 g/mol. The first kappa shape index (κ1) is 19.4. The number of nitrogens with one attached hydrogen (secondary N) is 1. The molecular formula is C21H24ClN3O2S. The van der Waals surface area contributed by atoms with Crippen LogP contribution in [0, 0.1) is 0 Å². The summed E-state index contributed by atoms with van der Waals surface area (Å²) in [6.45, 7) is 3.74. The number of anilines is 2. The highest BCUT2D eigenvalue weighted by Crippen LogP contribution is 2.45. The highest BCUT2D eigenvalue weighted by atomic mass is 35.5. The van der Waals surface area contributed by atoms with Crippen molar-refractivity contribution in [1.82, 2.24) is 4.90 Å². The number of hydrogen-bond donors (Lipinski definition) is 1. The highest BCUT2D eigenvalue weighted by Gasteiger charge is 2.52. The molecule has 1 spiro atoms. The largest absolute Gasteiger partial charge is 0.322 e. The Morgan fingerprint density at radius 2 is 2.00 bits per heavy atom. The van der Waals surface area contributed by atoms with Crippen LogP contribution in [0.1, 0.15) is 37.5 Å². The summed E-state index contributed by atoms with van der Waals surface area (Å²) < 4.78 is 0.754. The Kier molecular flexibility index (Phi) is 5.45. The molecule has 1 N–H and O–H groups in total. The van der Waals surface area contributed by atoms with Crippen LogP contribution in [-0.2, 0) is 16.1 Å². The van der Waals surface area contributed by atoms with E-state index in [2.05, 4.69) is 10.2 Å². The van der Waals surface area contributed by atoms with Crippen molar-refractivity contribution in [2.75, 3.05) is 23.3 Å². The van der Waals surface area contributed by atoms with Crippen molar-refractivity contribution in [1.29, 1.82) is 0 Å². The molecule has 5 nitrogen and oxygen atoms in total. The third-order valence-electron chi connectivity index (χ3n) is 5.74. The van der Waals surface area contributed by atoms with Gasteiger partial charge in [-0.2, -0.15) is 0 Å². The first-order valence-electron chi connectivity index (χ1n) is 9.73. The molecule has 2 amide bonds. The Morgan fingerprint density at radius 3 is 2.68 bits per heavy atom. The molecule has 0 unspecified atom stereocenters. The number of carbonyl (C=O) groups is 2. The van der Waals surface area contributed by atoms with Crippen LogP contribution < -0.4 is 10.2 Å². The minimum absolute atomic E-state index is 0.0197. The second-order valence-electron chi connectivity index (χ2n) is 7.45. The molecule has 1 aliphatic carbocycles. The smallest absolute Gasteiger partial charge is 0.250 e. The monoisotopic (exact) mass is 417 g/mol. The van der Waals surface area contributed by atoms with Crippen molar-refractivity contribution in [3.05, 3.63) is 45.6 Å². The molecule has 0 saturated heterocycles. The number of nitrogens with zero attached hydrogens (tertiary/aromatic N) is 2. The maximum atomic E-state index is 13.5. The number of benzene rings is 1. The standard InChI is InChI=1S/C21H24ClN3O2S/c1-2-24(13-15-9-10-18(22)28-15)14-19(26)25-17-8-4-3-7-16(17)23-20(27)21(25)11-5-6-12-21/h3-4,7-10H,2,5-6,11-14H2,1H3,(H,23,27). The summed E-state index contributed by atoms with van der Waals surface area (Å²) in [5, 5.41) is 3.03. The van der Waals surface area contributed by atoms with Gasteiger partial charge in [-0.1, -0.05) is 43.5 Å². The fourth-order valence-electron chi connectivity index (χ4n) is 4.33. The molecule has 1 fully saturated rings. The van der Waals surface area contributed by atoms with Crippen molar-refractivity contribution < 1.29 is 9.59 Å². The Morgan fingerprint density at radius 1 is 1.25 bits per heavy atom. The first-order valence-corrected chi connectivity index (χ1v) is 10.9. The van der Waals surface area contributed by atoms with Crippen LogP contribution in [0.3, 0.4) is 0 Å². The fraction of sp³-hybridized carbons (Fsp3) is 0.429. The summed E-state index contributed by atoms with van der Waals surface area (Å²) in [4.78, 5) is 31.5. The van der Waals surface area contributed by atoms with Crippen LogP contribution in [0.4, 0.5) is 11.4 Å². The molecule has 1 aromatic heterocycles. The van der Waals surface area contributed by atoms with Crippen molar-refractivity contribution in [3.63, 3.8) is 0 Å². The molecule has 2 aliphatic rings. The Labute approximate surface area is 174 Å². The van der Waals surface area contributed by atoms with E-state index >= 15 is 0 Å². The predicted molar refractivity (Wildman–Crippen MR) is 114 cm³/mol. The Hall–Kier alpha value is -1.89. The van der Waals surface area contributed by atoms with E-state index in [1.54, 1.807) is 4.90 Å². The summed E-state index contributed by atoms with van der Waals surface area (Å²) in [6, 6.07) is 11.5. The molecule has 1 aliphatic heterocycles. The molecule has 28 heavy (non-hydrogen) atoms. The van der Waals surface area contributed by atoms with Gasteiger partial charge in [0.05, 0.1) is 22.3 Å². The molecule has 4 rings (SSSR count). The van der Waals surface area contributed by atoms with Gasteiger partial charge in [0.1, 0.15) is 5.54 Å². The second-order valence-corrected chi connectivity index (χ2v) is 9.25. The number of rotatable bonds is 5. The summed E-state index contributed by atoms with van der Waals surface area (Å²) in [7, 11) is 0. The van der Waals surface area contributed by atoms with Crippen LogP contribution in [0.25, 0.3) is 0 Å².